The second-order valence-corrected chi connectivity index (χ2v) is 13.8. The van der Waals surface area contributed by atoms with Crippen LogP contribution in [-0.4, -0.2) is 69.9 Å². The molecule has 2 aliphatic rings. The first kappa shape index (κ1) is 34.1. The van der Waals surface area contributed by atoms with E-state index in [1.54, 1.807) is 6.20 Å². The number of aryl methyl sites for hydroxylation is 2. The summed E-state index contributed by atoms with van der Waals surface area (Å²) in [6, 6.07) is 26.2. The quantitative estimate of drug-likeness (QED) is 0.181. The molecule has 7 rings (SSSR count). The Morgan fingerprint density at radius 2 is 1.41 bits per heavy atom. The second-order valence-electron chi connectivity index (χ2n) is 13.8. The average molecular weight is 680 g/mol. The van der Waals surface area contributed by atoms with Crippen molar-refractivity contribution in [1.29, 1.82) is 0 Å². The maximum Gasteiger partial charge on any atom is 0.251 e. The van der Waals surface area contributed by atoms with Gasteiger partial charge in [0.05, 0.1) is 0 Å². The molecule has 260 valence electrons. The number of hydrogen-bond donors (Lipinski definition) is 2. The van der Waals surface area contributed by atoms with E-state index < -0.39 is 0 Å². The summed E-state index contributed by atoms with van der Waals surface area (Å²) in [5.41, 5.74) is 8.68. The van der Waals surface area contributed by atoms with Crippen molar-refractivity contribution in [3.8, 4) is 22.3 Å². The van der Waals surface area contributed by atoms with Gasteiger partial charge in [-0.05, 0) is 104 Å². The molecule has 5 heterocycles. The zero-order valence-electron chi connectivity index (χ0n) is 29.4. The second kappa shape index (κ2) is 15.6. The Morgan fingerprint density at radius 3 is 2.08 bits per heavy atom. The summed E-state index contributed by atoms with van der Waals surface area (Å²) < 4.78 is 0. The highest BCUT2D eigenvalue weighted by molar-refractivity contribution is 5.96. The molecule has 0 atom stereocenters. The van der Waals surface area contributed by atoms with E-state index in [4.69, 9.17) is 4.98 Å². The van der Waals surface area contributed by atoms with Gasteiger partial charge in [-0.3, -0.25) is 24.5 Å². The van der Waals surface area contributed by atoms with E-state index in [2.05, 4.69) is 55.5 Å². The van der Waals surface area contributed by atoms with Gasteiger partial charge in [0, 0.05) is 97.5 Å². The van der Waals surface area contributed by atoms with E-state index in [-0.39, 0.29) is 23.9 Å². The van der Waals surface area contributed by atoms with Crippen molar-refractivity contribution in [2.45, 2.75) is 58.2 Å². The lowest BCUT2D eigenvalue weighted by molar-refractivity contribution is 0.0906. The molecule has 2 aliphatic heterocycles. The van der Waals surface area contributed by atoms with Gasteiger partial charge in [-0.2, -0.15) is 0 Å². The molecule has 3 aromatic heterocycles. The van der Waals surface area contributed by atoms with Gasteiger partial charge in [0.25, 0.3) is 11.8 Å². The van der Waals surface area contributed by atoms with Gasteiger partial charge in [-0.1, -0.05) is 36.4 Å². The van der Waals surface area contributed by atoms with Crippen LogP contribution in [0.2, 0.25) is 0 Å². The lowest BCUT2D eigenvalue weighted by Crippen LogP contribution is -2.45. The van der Waals surface area contributed by atoms with Crippen LogP contribution >= 0.6 is 0 Å². The first-order chi connectivity index (χ1) is 24.9. The Balaban J connectivity index is 0.848. The predicted octanol–water partition coefficient (Wildman–Crippen LogP) is 6.62. The zero-order chi connectivity index (χ0) is 35.2. The fourth-order valence-electron chi connectivity index (χ4n) is 7.06. The Bertz CT molecular complexity index is 1950. The van der Waals surface area contributed by atoms with Crippen molar-refractivity contribution in [1.82, 2.24) is 30.5 Å². The van der Waals surface area contributed by atoms with Gasteiger partial charge in [0.15, 0.2) is 0 Å². The Kier molecular flexibility index (Phi) is 10.4. The van der Waals surface area contributed by atoms with Crippen LogP contribution in [-0.2, 0) is 6.54 Å². The number of benzene rings is 2. The van der Waals surface area contributed by atoms with Crippen molar-refractivity contribution in [3.05, 3.63) is 132 Å². The average Bonchev–Trinajstić information content (AvgIpc) is 3.17. The van der Waals surface area contributed by atoms with Gasteiger partial charge >= 0.3 is 0 Å². The number of carbonyl (C=O) groups is 2. The monoisotopic (exact) mass is 679 g/mol. The first-order valence-electron chi connectivity index (χ1n) is 18.0. The molecule has 0 aliphatic carbocycles. The molecule has 9 heteroatoms. The van der Waals surface area contributed by atoms with Crippen molar-refractivity contribution in [2.24, 2.45) is 0 Å². The molecule has 0 bridgehead atoms. The summed E-state index contributed by atoms with van der Waals surface area (Å²) in [7, 11) is 0. The van der Waals surface area contributed by atoms with Crippen LogP contribution in [0.5, 0.6) is 0 Å². The van der Waals surface area contributed by atoms with Crippen LogP contribution in [0.1, 0.15) is 63.2 Å². The highest BCUT2D eigenvalue weighted by Crippen LogP contribution is 2.25. The van der Waals surface area contributed by atoms with E-state index in [9.17, 15) is 9.59 Å². The lowest BCUT2D eigenvalue weighted by Gasteiger charge is -2.34. The van der Waals surface area contributed by atoms with Crippen LogP contribution in [0.25, 0.3) is 22.3 Å². The van der Waals surface area contributed by atoms with Crippen molar-refractivity contribution in [3.63, 3.8) is 0 Å². The largest absolute Gasteiger partial charge is 0.356 e. The Morgan fingerprint density at radius 1 is 0.686 bits per heavy atom. The van der Waals surface area contributed by atoms with E-state index in [1.807, 2.05) is 86.2 Å². The molecule has 51 heavy (non-hydrogen) atoms. The standard InChI is InChI=1S/C42H45N7O2/c1-29-8-11-34(24-39(29)36-12-9-30(2)44-27-36)42(51)46-37-14-19-48(20-15-37)28-31-10-13-40(45-25-31)49-21-16-38(17-22-49)47-41(50)33-6-3-5-32(23-33)35-7-4-18-43-26-35/h3-13,18,23-27,37-38H,14-17,19-22,28H2,1-2H3,(H,46,51)(H,47,50). The van der Waals surface area contributed by atoms with E-state index >= 15 is 0 Å². The molecule has 2 amide bonds. The minimum atomic E-state index is -0.0372. The molecule has 5 aromatic rings. The van der Waals surface area contributed by atoms with Gasteiger partial charge < -0.3 is 15.5 Å². The van der Waals surface area contributed by atoms with Crippen molar-refractivity contribution in [2.75, 3.05) is 31.1 Å². The zero-order valence-corrected chi connectivity index (χ0v) is 29.4. The smallest absolute Gasteiger partial charge is 0.251 e. The number of amides is 2. The Labute approximate surface area is 300 Å². The van der Waals surface area contributed by atoms with Crippen LogP contribution in [0.4, 0.5) is 5.82 Å². The summed E-state index contributed by atoms with van der Waals surface area (Å²) in [6.07, 6.45) is 11.0. The number of pyridine rings is 3. The van der Waals surface area contributed by atoms with Crippen LogP contribution in [0.15, 0.2) is 104 Å². The number of aromatic nitrogens is 3. The molecule has 0 saturated carbocycles. The van der Waals surface area contributed by atoms with Crippen LogP contribution in [0, 0.1) is 13.8 Å². The minimum Gasteiger partial charge on any atom is -0.356 e. The maximum absolute atomic E-state index is 13.2. The number of carbonyl (C=O) groups excluding carboxylic acids is 2. The number of hydrogen-bond acceptors (Lipinski definition) is 7. The maximum atomic E-state index is 13.2. The summed E-state index contributed by atoms with van der Waals surface area (Å²) in [5, 5.41) is 6.52. The topological polar surface area (TPSA) is 103 Å². The molecule has 2 fully saturated rings. The van der Waals surface area contributed by atoms with Crippen LogP contribution in [0.3, 0.4) is 0 Å². The van der Waals surface area contributed by atoms with Crippen molar-refractivity contribution >= 4 is 17.6 Å². The molecule has 0 unspecified atom stereocenters. The number of piperidine rings is 2. The summed E-state index contributed by atoms with van der Waals surface area (Å²) >= 11 is 0. The highest BCUT2D eigenvalue weighted by Gasteiger charge is 2.24. The van der Waals surface area contributed by atoms with Gasteiger partial charge in [-0.15, -0.1) is 0 Å². The summed E-state index contributed by atoms with van der Waals surface area (Å²) in [4.78, 5) is 44.5. The third-order valence-corrected chi connectivity index (χ3v) is 10.1. The summed E-state index contributed by atoms with van der Waals surface area (Å²) in [6.45, 7) is 8.42. The first-order valence-corrected chi connectivity index (χ1v) is 18.0. The van der Waals surface area contributed by atoms with E-state index in [0.717, 1.165) is 97.7 Å². The summed E-state index contributed by atoms with van der Waals surface area (Å²) in [5.74, 6) is 0.921. The van der Waals surface area contributed by atoms with Gasteiger partial charge in [0.2, 0.25) is 0 Å². The number of likely N-dealkylation sites (tertiary alicyclic amines) is 1. The van der Waals surface area contributed by atoms with E-state index in [1.165, 1.54) is 5.56 Å². The predicted molar refractivity (Wildman–Crippen MR) is 202 cm³/mol. The molecule has 2 aromatic carbocycles. The highest BCUT2D eigenvalue weighted by atomic mass is 16.2. The van der Waals surface area contributed by atoms with E-state index in [0.29, 0.717) is 11.1 Å². The molecule has 0 radical (unpaired) electrons. The number of nitrogens with zero attached hydrogens (tertiary/aromatic N) is 5. The van der Waals surface area contributed by atoms with Gasteiger partial charge in [0.1, 0.15) is 5.82 Å². The van der Waals surface area contributed by atoms with Crippen LogP contribution < -0.4 is 15.5 Å². The number of nitrogens with one attached hydrogen (secondary N) is 2. The molecule has 2 N–H and O–H groups in total. The van der Waals surface area contributed by atoms with Crippen molar-refractivity contribution < 1.29 is 9.59 Å². The third kappa shape index (κ3) is 8.49. The fraction of sp³-hybridized carbons (Fsp3) is 0.310. The Hall–Kier alpha value is -5.41. The number of rotatable bonds is 9. The molecular weight excluding hydrogens is 635 g/mol. The normalized spacial score (nSPS) is 15.8. The molecular formula is C42H45N7O2. The molecule has 0 spiro atoms. The van der Waals surface area contributed by atoms with Gasteiger partial charge in [-0.25, -0.2) is 4.98 Å². The lowest BCUT2D eigenvalue weighted by atomic mass is 9.98. The molecule has 9 nitrogen and oxygen atoms in total. The SMILES string of the molecule is Cc1ccc(-c2cc(C(=O)NC3CCN(Cc4ccc(N5CCC(NC(=O)c6cccc(-c7cccnc7)c6)CC5)nc4)CC3)ccc2C)cn1. The molecule has 2 saturated heterocycles. The minimum absolute atomic E-state index is 0.0208. The fourth-order valence-corrected chi connectivity index (χ4v) is 7.06. The third-order valence-electron chi connectivity index (χ3n) is 10.1. The number of anilines is 1.